The molecule has 1 aromatic carbocycles. The Bertz CT molecular complexity index is 609. The molecular formula is C16H21N3O2. The number of rotatable bonds is 4. The van der Waals surface area contributed by atoms with Crippen molar-refractivity contribution in [1.82, 2.24) is 9.88 Å². The van der Waals surface area contributed by atoms with Crippen molar-refractivity contribution in [2.75, 3.05) is 51.3 Å². The maximum Gasteiger partial charge on any atom is 0.136 e. The molecule has 0 amide bonds. The highest BCUT2D eigenvalue weighted by Gasteiger charge is 2.19. The maximum absolute atomic E-state index is 9.02. The van der Waals surface area contributed by atoms with Gasteiger partial charge in [-0.25, -0.2) is 4.98 Å². The van der Waals surface area contributed by atoms with E-state index in [-0.39, 0.29) is 6.61 Å². The number of aliphatic hydroxyl groups excluding tert-OH is 1. The first-order valence-corrected chi connectivity index (χ1v) is 7.33. The third-order valence-corrected chi connectivity index (χ3v) is 4.05. The molecule has 0 aliphatic carbocycles. The molecule has 1 fully saturated rings. The van der Waals surface area contributed by atoms with Gasteiger partial charge in [0.15, 0.2) is 0 Å². The molecule has 0 unspecified atom stereocenters. The number of pyridine rings is 1. The van der Waals surface area contributed by atoms with Crippen LogP contribution in [0, 0.1) is 0 Å². The largest absolute Gasteiger partial charge is 0.496 e. The van der Waals surface area contributed by atoms with Gasteiger partial charge in [-0.1, -0.05) is 12.1 Å². The summed E-state index contributed by atoms with van der Waals surface area (Å²) in [4.78, 5) is 9.17. The van der Waals surface area contributed by atoms with Crippen LogP contribution in [0.15, 0.2) is 30.5 Å². The fraction of sp³-hybridized carbons (Fsp3) is 0.438. The van der Waals surface area contributed by atoms with E-state index in [0.717, 1.165) is 55.1 Å². The second-order valence-corrected chi connectivity index (χ2v) is 5.24. The van der Waals surface area contributed by atoms with Gasteiger partial charge < -0.3 is 14.7 Å². The predicted molar refractivity (Wildman–Crippen MR) is 84.0 cm³/mol. The van der Waals surface area contributed by atoms with Crippen molar-refractivity contribution in [2.45, 2.75) is 0 Å². The Morgan fingerprint density at radius 3 is 2.67 bits per heavy atom. The van der Waals surface area contributed by atoms with Gasteiger partial charge in [0.05, 0.1) is 13.7 Å². The van der Waals surface area contributed by atoms with Crippen molar-refractivity contribution >= 4 is 16.6 Å². The maximum atomic E-state index is 9.02. The molecule has 1 aliphatic heterocycles. The van der Waals surface area contributed by atoms with Crippen molar-refractivity contribution < 1.29 is 9.84 Å². The molecule has 0 saturated carbocycles. The molecule has 2 aromatic rings. The number of piperazine rings is 1. The summed E-state index contributed by atoms with van der Waals surface area (Å²) in [5.41, 5.74) is 0. The summed E-state index contributed by atoms with van der Waals surface area (Å²) in [6, 6.07) is 8.08. The molecule has 1 N–H and O–H groups in total. The summed E-state index contributed by atoms with van der Waals surface area (Å²) in [7, 11) is 1.70. The highest BCUT2D eigenvalue weighted by molar-refractivity contribution is 5.96. The summed E-state index contributed by atoms with van der Waals surface area (Å²) < 4.78 is 5.44. The fourth-order valence-electron chi connectivity index (χ4n) is 2.92. The van der Waals surface area contributed by atoms with Gasteiger partial charge in [-0.05, 0) is 12.1 Å². The number of hydrogen-bond acceptors (Lipinski definition) is 5. The molecular weight excluding hydrogens is 266 g/mol. The Kier molecular flexibility index (Phi) is 4.22. The smallest absolute Gasteiger partial charge is 0.136 e. The third-order valence-electron chi connectivity index (χ3n) is 4.05. The lowest BCUT2D eigenvalue weighted by molar-refractivity contribution is 0.188. The molecule has 0 bridgehead atoms. The topological polar surface area (TPSA) is 48.8 Å². The fourth-order valence-corrected chi connectivity index (χ4v) is 2.92. The van der Waals surface area contributed by atoms with Crippen molar-refractivity contribution in [1.29, 1.82) is 0 Å². The normalized spacial score (nSPS) is 16.4. The number of fused-ring (bicyclic) bond motifs is 1. The summed E-state index contributed by atoms with van der Waals surface area (Å²) >= 11 is 0. The van der Waals surface area contributed by atoms with Crippen molar-refractivity contribution in [3.05, 3.63) is 30.5 Å². The van der Waals surface area contributed by atoms with E-state index in [9.17, 15) is 0 Å². The summed E-state index contributed by atoms with van der Waals surface area (Å²) in [5, 5.41) is 11.3. The molecule has 5 heteroatoms. The molecule has 112 valence electrons. The highest BCUT2D eigenvalue weighted by atomic mass is 16.5. The van der Waals surface area contributed by atoms with Gasteiger partial charge in [0.25, 0.3) is 0 Å². The number of nitrogens with zero attached hydrogens (tertiary/aromatic N) is 3. The number of aliphatic hydroxyl groups is 1. The van der Waals surface area contributed by atoms with E-state index in [2.05, 4.69) is 20.9 Å². The summed E-state index contributed by atoms with van der Waals surface area (Å²) in [6.07, 6.45) is 1.85. The number of anilines is 1. The zero-order valence-electron chi connectivity index (χ0n) is 12.3. The van der Waals surface area contributed by atoms with Crippen LogP contribution < -0.4 is 9.64 Å². The molecule has 1 aromatic heterocycles. The van der Waals surface area contributed by atoms with Crippen molar-refractivity contribution in [3.63, 3.8) is 0 Å². The molecule has 0 radical (unpaired) electrons. The van der Waals surface area contributed by atoms with E-state index in [1.165, 1.54) is 0 Å². The minimum Gasteiger partial charge on any atom is -0.496 e. The Labute approximate surface area is 124 Å². The number of methoxy groups -OCH3 is 1. The van der Waals surface area contributed by atoms with Crippen LogP contribution in [0.25, 0.3) is 10.8 Å². The molecule has 3 rings (SSSR count). The van der Waals surface area contributed by atoms with Gasteiger partial charge in [-0.15, -0.1) is 0 Å². The SMILES string of the molecule is COc1cccc2c(N3CCN(CCO)CC3)nccc12. The average Bonchev–Trinajstić information content (AvgIpc) is 2.55. The highest BCUT2D eigenvalue weighted by Crippen LogP contribution is 2.31. The van der Waals surface area contributed by atoms with Gasteiger partial charge in [0.1, 0.15) is 11.6 Å². The van der Waals surface area contributed by atoms with Crippen molar-refractivity contribution in [3.8, 4) is 5.75 Å². The zero-order chi connectivity index (χ0) is 14.7. The number of ether oxygens (including phenoxy) is 1. The Balaban J connectivity index is 1.88. The van der Waals surface area contributed by atoms with Crippen LogP contribution >= 0.6 is 0 Å². The standard InChI is InChI=1S/C16H21N3O2/c1-21-15-4-2-3-14-13(15)5-6-17-16(14)19-9-7-18(8-10-19)11-12-20/h2-6,20H,7-12H2,1H3. The zero-order valence-corrected chi connectivity index (χ0v) is 12.3. The molecule has 1 aliphatic rings. The number of aromatic nitrogens is 1. The van der Waals surface area contributed by atoms with Crippen LogP contribution in [0.3, 0.4) is 0 Å². The van der Waals surface area contributed by atoms with E-state index >= 15 is 0 Å². The first kappa shape index (κ1) is 14.1. The van der Waals surface area contributed by atoms with E-state index in [4.69, 9.17) is 9.84 Å². The average molecular weight is 287 g/mol. The van der Waals surface area contributed by atoms with E-state index in [0.29, 0.717) is 0 Å². The molecule has 2 heterocycles. The van der Waals surface area contributed by atoms with Gasteiger partial charge in [0.2, 0.25) is 0 Å². The van der Waals surface area contributed by atoms with Gasteiger partial charge in [-0.3, -0.25) is 4.90 Å². The molecule has 21 heavy (non-hydrogen) atoms. The van der Waals surface area contributed by atoms with Crippen LogP contribution in [0.2, 0.25) is 0 Å². The second kappa shape index (κ2) is 6.28. The molecule has 0 atom stereocenters. The predicted octanol–water partition coefficient (Wildman–Crippen LogP) is 1.36. The van der Waals surface area contributed by atoms with Crippen LogP contribution in [0.1, 0.15) is 0 Å². The van der Waals surface area contributed by atoms with Crippen molar-refractivity contribution in [2.24, 2.45) is 0 Å². The number of benzene rings is 1. The quantitative estimate of drug-likeness (QED) is 0.920. The van der Waals surface area contributed by atoms with E-state index in [1.54, 1.807) is 7.11 Å². The Morgan fingerprint density at radius 1 is 1.14 bits per heavy atom. The first-order valence-electron chi connectivity index (χ1n) is 7.33. The second-order valence-electron chi connectivity index (χ2n) is 5.24. The lowest BCUT2D eigenvalue weighted by atomic mass is 10.1. The summed E-state index contributed by atoms with van der Waals surface area (Å²) in [6.45, 7) is 4.77. The first-order chi connectivity index (χ1) is 10.3. The van der Waals surface area contributed by atoms with Crippen LogP contribution in [0.4, 0.5) is 5.82 Å². The van der Waals surface area contributed by atoms with E-state index < -0.39 is 0 Å². The minimum absolute atomic E-state index is 0.226. The van der Waals surface area contributed by atoms with Crippen LogP contribution in [-0.4, -0.2) is 61.4 Å². The monoisotopic (exact) mass is 287 g/mol. The lowest BCUT2D eigenvalue weighted by Crippen LogP contribution is -2.47. The Morgan fingerprint density at radius 2 is 1.95 bits per heavy atom. The molecule has 0 spiro atoms. The van der Waals surface area contributed by atoms with Gasteiger partial charge in [0, 0.05) is 49.7 Å². The Hall–Kier alpha value is -1.85. The summed E-state index contributed by atoms with van der Waals surface area (Å²) in [5.74, 6) is 1.91. The minimum atomic E-state index is 0.226. The molecule has 1 saturated heterocycles. The van der Waals surface area contributed by atoms with E-state index in [1.807, 2.05) is 24.4 Å². The molecule has 5 nitrogen and oxygen atoms in total. The van der Waals surface area contributed by atoms with Gasteiger partial charge in [-0.2, -0.15) is 0 Å². The van der Waals surface area contributed by atoms with Crippen LogP contribution in [-0.2, 0) is 0 Å². The van der Waals surface area contributed by atoms with Gasteiger partial charge >= 0.3 is 0 Å². The number of hydrogen-bond donors (Lipinski definition) is 1. The number of β-amino-alcohol motifs (C(OH)–C–C–N with tert-alkyl or cyclic N) is 1. The van der Waals surface area contributed by atoms with Crippen LogP contribution in [0.5, 0.6) is 5.75 Å². The lowest BCUT2D eigenvalue weighted by Gasteiger charge is -2.35. The third kappa shape index (κ3) is 2.80.